The van der Waals surface area contributed by atoms with Crippen molar-refractivity contribution in [1.29, 1.82) is 0 Å². The van der Waals surface area contributed by atoms with Gasteiger partial charge in [-0.1, -0.05) is 6.42 Å². The van der Waals surface area contributed by atoms with E-state index in [1.807, 2.05) is 30.2 Å². The van der Waals surface area contributed by atoms with Gasteiger partial charge in [0.25, 0.3) is 11.8 Å². The molecule has 2 aromatic rings. The summed E-state index contributed by atoms with van der Waals surface area (Å²) in [4.78, 5) is 24.0. The fourth-order valence-corrected chi connectivity index (χ4v) is 4.40. The van der Waals surface area contributed by atoms with E-state index in [9.17, 15) is 13.6 Å². The molecule has 2 fully saturated rings. The summed E-state index contributed by atoms with van der Waals surface area (Å²) in [7, 11) is 0. The molecule has 0 aromatic carbocycles. The Bertz CT molecular complexity index is 939. The van der Waals surface area contributed by atoms with E-state index in [1.54, 1.807) is 12.3 Å². The fourth-order valence-electron chi connectivity index (χ4n) is 3.99. The van der Waals surface area contributed by atoms with Gasteiger partial charge in [-0.15, -0.1) is 11.8 Å². The van der Waals surface area contributed by atoms with Crippen LogP contribution in [0.4, 0.5) is 20.3 Å². The highest BCUT2D eigenvalue weighted by atomic mass is 32.2. The van der Waals surface area contributed by atoms with Crippen LogP contribution in [0.15, 0.2) is 29.4 Å². The van der Waals surface area contributed by atoms with E-state index in [2.05, 4.69) is 10.3 Å². The van der Waals surface area contributed by atoms with Gasteiger partial charge >= 0.3 is 0 Å². The molecule has 8 heteroatoms. The molecule has 0 spiro atoms. The lowest BCUT2D eigenvalue weighted by Gasteiger charge is -2.34. The number of halogens is 2. The maximum absolute atomic E-state index is 13.7. The monoisotopic (exact) mass is 432 g/mol. The number of hydrogen-bond donors (Lipinski definition) is 1. The number of amides is 1. The fraction of sp³-hybridized carbons (Fsp3) is 0.500. The topological polar surface area (TPSA) is 58.1 Å². The van der Waals surface area contributed by atoms with Gasteiger partial charge in [-0.25, -0.2) is 18.7 Å². The van der Waals surface area contributed by atoms with E-state index in [1.165, 1.54) is 18.2 Å². The maximum Gasteiger partial charge on any atom is 0.259 e. The molecule has 0 unspecified atom stereocenters. The zero-order valence-electron chi connectivity index (χ0n) is 17.3. The maximum atomic E-state index is 13.7. The zero-order valence-corrected chi connectivity index (χ0v) is 18.1. The van der Waals surface area contributed by atoms with Crippen molar-refractivity contribution in [2.24, 2.45) is 0 Å². The van der Waals surface area contributed by atoms with Crippen LogP contribution in [0.25, 0.3) is 0 Å². The lowest BCUT2D eigenvalue weighted by molar-refractivity contribution is -0.0221. The number of thioether (sulfide) groups is 1. The van der Waals surface area contributed by atoms with Crippen LogP contribution in [0, 0.1) is 6.92 Å². The van der Waals surface area contributed by atoms with E-state index in [4.69, 9.17) is 4.98 Å². The molecule has 1 aliphatic carbocycles. The number of piperidine rings is 1. The van der Waals surface area contributed by atoms with Crippen LogP contribution in [0.5, 0.6) is 0 Å². The highest BCUT2D eigenvalue weighted by Crippen LogP contribution is 2.40. The highest BCUT2D eigenvalue weighted by molar-refractivity contribution is 7.98. The van der Waals surface area contributed by atoms with Crippen molar-refractivity contribution in [1.82, 2.24) is 9.97 Å². The molecule has 1 saturated carbocycles. The third-order valence-electron chi connectivity index (χ3n) is 6.02. The Morgan fingerprint density at radius 3 is 2.63 bits per heavy atom. The van der Waals surface area contributed by atoms with Crippen LogP contribution in [-0.4, -0.2) is 41.1 Å². The Morgan fingerprint density at radius 2 is 2.00 bits per heavy atom. The number of nitrogens with one attached hydrogen (secondary N) is 1. The van der Waals surface area contributed by atoms with Crippen LogP contribution < -0.4 is 10.2 Å². The van der Waals surface area contributed by atoms with E-state index in [-0.39, 0.29) is 31.8 Å². The van der Waals surface area contributed by atoms with E-state index in [0.29, 0.717) is 23.0 Å². The summed E-state index contributed by atoms with van der Waals surface area (Å²) in [5.74, 6) is -1.99. The Kier molecular flexibility index (Phi) is 5.95. The van der Waals surface area contributed by atoms with Gasteiger partial charge in [0.15, 0.2) is 0 Å². The molecule has 4 rings (SSSR count). The molecule has 1 amide bonds. The number of alkyl halides is 2. The molecule has 1 N–H and O–H groups in total. The number of aromatic nitrogens is 2. The van der Waals surface area contributed by atoms with Crippen molar-refractivity contribution < 1.29 is 13.6 Å². The minimum Gasteiger partial charge on any atom is -0.355 e. The Balaban J connectivity index is 1.67. The van der Waals surface area contributed by atoms with Gasteiger partial charge in [-0.05, 0) is 55.7 Å². The summed E-state index contributed by atoms with van der Waals surface area (Å²) in [6, 6.07) is 5.49. The second kappa shape index (κ2) is 8.49. The van der Waals surface area contributed by atoms with Gasteiger partial charge in [0.2, 0.25) is 0 Å². The van der Waals surface area contributed by atoms with Gasteiger partial charge in [-0.3, -0.25) is 4.79 Å². The number of aryl methyl sites for hydroxylation is 1. The zero-order chi connectivity index (χ0) is 21.3. The average Bonchev–Trinajstić information content (AvgIpc) is 2.68. The minimum absolute atomic E-state index is 0.189. The van der Waals surface area contributed by atoms with Gasteiger partial charge in [0.05, 0.1) is 10.6 Å². The molecule has 2 aromatic heterocycles. The SMILES string of the molecule is CSc1cc(NC(=O)c2cc(C3CCC3)c(C)nc2N2CCC(F)(F)CC2)ccn1. The number of anilines is 2. The van der Waals surface area contributed by atoms with Crippen molar-refractivity contribution >= 4 is 29.2 Å². The minimum atomic E-state index is -2.65. The van der Waals surface area contributed by atoms with Crippen LogP contribution >= 0.6 is 11.8 Å². The van der Waals surface area contributed by atoms with Crippen molar-refractivity contribution in [2.45, 2.75) is 55.9 Å². The third kappa shape index (κ3) is 4.43. The molecule has 30 heavy (non-hydrogen) atoms. The first kappa shape index (κ1) is 21.0. The molecular weight excluding hydrogens is 406 g/mol. The first-order chi connectivity index (χ1) is 14.4. The summed E-state index contributed by atoms with van der Waals surface area (Å²) in [6.07, 6.45) is 6.51. The molecule has 160 valence electrons. The van der Waals surface area contributed by atoms with E-state index >= 15 is 0 Å². The van der Waals surface area contributed by atoms with E-state index in [0.717, 1.165) is 29.1 Å². The first-order valence-electron chi connectivity index (χ1n) is 10.3. The van der Waals surface area contributed by atoms with Gasteiger partial charge in [-0.2, -0.15) is 0 Å². The van der Waals surface area contributed by atoms with Crippen LogP contribution in [0.1, 0.15) is 59.6 Å². The molecular formula is C22H26F2N4OS. The van der Waals surface area contributed by atoms with Crippen molar-refractivity contribution in [3.63, 3.8) is 0 Å². The predicted octanol–water partition coefficient (Wildman–Crippen LogP) is 5.26. The molecule has 3 heterocycles. The standard InChI is InChI=1S/C22H26F2N4OS/c1-14-17(15-4-3-5-15)13-18(20(26-14)28-10-7-22(23,24)8-11-28)21(29)27-16-6-9-25-19(12-16)30-2/h6,9,12-13,15H,3-5,7-8,10-11H2,1-2H3,(H,25,27,29). The second-order valence-electron chi connectivity index (χ2n) is 8.05. The largest absolute Gasteiger partial charge is 0.355 e. The lowest BCUT2D eigenvalue weighted by Crippen LogP contribution is -2.40. The first-order valence-corrected chi connectivity index (χ1v) is 11.5. The van der Waals surface area contributed by atoms with Gasteiger partial charge < -0.3 is 10.2 Å². The molecule has 1 aliphatic heterocycles. The smallest absolute Gasteiger partial charge is 0.259 e. The molecule has 0 radical (unpaired) electrons. The highest BCUT2D eigenvalue weighted by Gasteiger charge is 2.36. The number of carbonyl (C=O) groups is 1. The number of rotatable bonds is 5. The molecule has 1 saturated heterocycles. The van der Waals surface area contributed by atoms with Crippen LogP contribution in [0.3, 0.4) is 0 Å². The summed E-state index contributed by atoms with van der Waals surface area (Å²) < 4.78 is 27.4. The number of carbonyl (C=O) groups excluding carboxylic acids is 1. The quantitative estimate of drug-likeness (QED) is 0.653. The second-order valence-corrected chi connectivity index (χ2v) is 8.87. The molecule has 0 bridgehead atoms. The van der Waals surface area contributed by atoms with Crippen molar-refractivity contribution in [2.75, 3.05) is 29.6 Å². The Hall–Kier alpha value is -2.22. The Labute approximate surface area is 179 Å². The third-order valence-corrected chi connectivity index (χ3v) is 6.66. The number of pyridine rings is 2. The van der Waals surface area contributed by atoms with Gasteiger partial charge in [0, 0.05) is 43.5 Å². The number of nitrogens with zero attached hydrogens (tertiary/aromatic N) is 3. The molecule has 0 atom stereocenters. The lowest BCUT2D eigenvalue weighted by atomic mass is 9.79. The van der Waals surface area contributed by atoms with Crippen molar-refractivity contribution in [3.8, 4) is 0 Å². The Morgan fingerprint density at radius 1 is 1.27 bits per heavy atom. The normalized spacial score (nSPS) is 18.7. The summed E-state index contributed by atoms with van der Waals surface area (Å²) in [6.45, 7) is 2.33. The van der Waals surface area contributed by atoms with E-state index < -0.39 is 5.92 Å². The summed E-state index contributed by atoms with van der Waals surface area (Å²) in [5, 5.41) is 3.75. The number of hydrogen-bond acceptors (Lipinski definition) is 5. The predicted molar refractivity (Wildman–Crippen MR) is 116 cm³/mol. The van der Waals surface area contributed by atoms with Crippen molar-refractivity contribution in [3.05, 3.63) is 41.2 Å². The van der Waals surface area contributed by atoms with Crippen LogP contribution in [0.2, 0.25) is 0 Å². The average molecular weight is 433 g/mol. The molecule has 2 aliphatic rings. The summed E-state index contributed by atoms with van der Waals surface area (Å²) in [5.41, 5.74) is 3.09. The van der Waals surface area contributed by atoms with Gasteiger partial charge in [0.1, 0.15) is 5.82 Å². The van der Waals surface area contributed by atoms with Crippen LogP contribution in [-0.2, 0) is 0 Å². The summed E-state index contributed by atoms with van der Waals surface area (Å²) >= 11 is 1.50. The molecule has 5 nitrogen and oxygen atoms in total.